The van der Waals surface area contributed by atoms with Crippen molar-refractivity contribution in [1.82, 2.24) is 0 Å². The standard InChI is InChI=1S/C17H17N3O5S/c1-2-19-16-8-7-13(10-12(16)6-9-17(19)21)18-26(24,25)15-5-3-4-14(11-15)20(22)23/h3-5,7-8,10-11,18H,2,6,9H2,1H3. The van der Waals surface area contributed by atoms with Crippen molar-refractivity contribution >= 4 is 33.0 Å². The number of non-ortho nitro benzene ring substituents is 1. The number of nitrogens with one attached hydrogen (secondary N) is 1. The number of hydrogen-bond donors (Lipinski definition) is 1. The van der Waals surface area contributed by atoms with E-state index in [1.807, 2.05) is 6.92 Å². The summed E-state index contributed by atoms with van der Waals surface area (Å²) in [5.74, 6) is 0.0462. The third-order valence-electron chi connectivity index (χ3n) is 4.19. The molecule has 0 radical (unpaired) electrons. The second-order valence-electron chi connectivity index (χ2n) is 5.84. The predicted molar refractivity (Wildman–Crippen MR) is 96.7 cm³/mol. The van der Waals surface area contributed by atoms with E-state index in [9.17, 15) is 23.3 Å². The number of carbonyl (C=O) groups excluding carboxylic acids is 1. The molecule has 0 aromatic heterocycles. The summed E-state index contributed by atoms with van der Waals surface area (Å²) >= 11 is 0. The van der Waals surface area contributed by atoms with Crippen LogP contribution in [0.2, 0.25) is 0 Å². The minimum absolute atomic E-state index is 0.0462. The van der Waals surface area contributed by atoms with Crippen molar-refractivity contribution in [3.63, 3.8) is 0 Å². The summed E-state index contributed by atoms with van der Waals surface area (Å²) in [7, 11) is -3.96. The fraction of sp³-hybridized carbons (Fsp3) is 0.235. The first-order chi connectivity index (χ1) is 12.3. The number of fused-ring (bicyclic) bond motifs is 1. The van der Waals surface area contributed by atoms with E-state index in [4.69, 9.17) is 0 Å². The van der Waals surface area contributed by atoms with Crippen LogP contribution in [0.25, 0.3) is 0 Å². The molecule has 0 saturated carbocycles. The van der Waals surface area contributed by atoms with Crippen LogP contribution in [0.1, 0.15) is 18.9 Å². The van der Waals surface area contributed by atoms with Crippen molar-refractivity contribution in [1.29, 1.82) is 0 Å². The van der Waals surface area contributed by atoms with Crippen LogP contribution in [0, 0.1) is 10.1 Å². The Morgan fingerprint density at radius 3 is 2.65 bits per heavy atom. The molecule has 8 nitrogen and oxygen atoms in total. The summed E-state index contributed by atoms with van der Waals surface area (Å²) in [5, 5.41) is 10.8. The zero-order valence-corrected chi connectivity index (χ0v) is 14.8. The van der Waals surface area contributed by atoms with Crippen LogP contribution in [0.3, 0.4) is 0 Å². The molecular weight excluding hydrogens is 358 g/mol. The maximum Gasteiger partial charge on any atom is 0.270 e. The van der Waals surface area contributed by atoms with E-state index >= 15 is 0 Å². The Balaban J connectivity index is 1.90. The Labute approximate surface area is 150 Å². The number of hydrogen-bond acceptors (Lipinski definition) is 5. The predicted octanol–water partition coefficient (Wildman–Crippen LogP) is 2.69. The van der Waals surface area contributed by atoms with Crippen molar-refractivity contribution in [3.05, 3.63) is 58.1 Å². The highest BCUT2D eigenvalue weighted by Crippen LogP contribution is 2.31. The maximum atomic E-state index is 12.5. The molecule has 1 amide bonds. The molecule has 2 aromatic rings. The first-order valence-corrected chi connectivity index (χ1v) is 9.50. The SMILES string of the molecule is CCN1C(=O)CCc2cc(NS(=O)(=O)c3cccc([N+](=O)[O-])c3)ccc21. The topological polar surface area (TPSA) is 110 Å². The van der Waals surface area contributed by atoms with E-state index in [1.165, 1.54) is 18.2 Å². The number of nitro benzene ring substituents is 1. The molecule has 136 valence electrons. The second-order valence-corrected chi connectivity index (χ2v) is 7.52. The maximum absolute atomic E-state index is 12.5. The van der Waals surface area contributed by atoms with E-state index in [1.54, 1.807) is 23.1 Å². The van der Waals surface area contributed by atoms with Crippen LogP contribution in [0.4, 0.5) is 17.1 Å². The fourth-order valence-corrected chi connectivity index (χ4v) is 4.04. The summed E-state index contributed by atoms with van der Waals surface area (Å²) in [5.41, 5.74) is 1.71. The molecule has 1 heterocycles. The van der Waals surface area contributed by atoms with Gasteiger partial charge in [0.15, 0.2) is 0 Å². The normalized spacial score (nSPS) is 14.0. The smallest absolute Gasteiger partial charge is 0.270 e. The van der Waals surface area contributed by atoms with Gasteiger partial charge < -0.3 is 4.90 Å². The quantitative estimate of drug-likeness (QED) is 0.638. The molecule has 3 rings (SSSR count). The van der Waals surface area contributed by atoms with E-state index < -0.39 is 14.9 Å². The lowest BCUT2D eigenvalue weighted by Gasteiger charge is -2.28. The van der Waals surface area contributed by atoms with Crippen molar-refractivity contribution in [2.75, 3.05) is 16.2 Å². The minimum atomic E-state index is -3.96. The molecule has 0 saturated heterocycles. The number of rotatable bonds is 5. The van der Waals surface area contributed by atoms with Gasteiger partial charge >= 0.3 is 0 Å². The third kappa shape index (κ3) is 3.38. The van der Waals surface area contributed by atoms with Crippen molar-refractivity contribution in [3.8, 4) is 0 Å². The van der Waals surface area contributed by atoms with Crippen LogP contribution in [-0.4, -0.2) is 25.8 Å². The summed E-state index contributed by atoms with van der Waals surface area (Å²) in [4.78, 5) is 23.6. The van der Waals surface area contributed by atoms with Gasteiger partial charge in [-0.3, -0.25) is 19.6 Å². The van der Waals surface area contributed by atoms with Crippen LogP contribution >= 0.6 is 0 Å². The lowest BCUT2D eigenvalue weighted by atomic mass is 10.0. The van der Waals surface area contributed by atoms with Gasteiger partial charge in [-0.2, -0.15) is 0 Å². The largest absolute Gasteiger partial charge is 0.312 e. The van der Waals surface area contributed by atoms with Gasteiger partial charge in [0.2, 0.25) is 5.91 Å². The highest BCUT2D eigenvalue weighted by molar-refractivity contribution is 7.92. The summed E-state index contributed by atoms with van der Waals surface area (Å²) in [6, 6.07) is 9.84. The molecule has 0 aliphatic carbocycles. The summed E-state index contributed by atoms with van der Waals surface area (Å²) in [6.45, 7) is 2.43. The molecule has 1 N–H and O–H groups in total. The van der Waals surface area contributed by atoms with Gasteiger partial charge in [-0.05, 0) is 43.2 Å². The van der Waals surface area contributed by atoms with E-state index in [-0.39, 0.29) is 16.5 Å². The number of sulfonamides is 1. The van der Waals surface area contributed by atoms with Gasteiger partial charge in [-0.15, -0.1) is 0 Å². The Morgan fingerprint density at radius 2 is 1.96 bits per heavy atom. The lowest BCUT2D eigenvalue weighted by molar-refractivity contribution is -0.385. The Hall–Kier alpha value is -2.94. The number of amides is 1. The summed E-state index contributed by atoms with van der Waals surface area (Å²) in [6.07, 6.45) is 0.916. The average Bonchev–Trinajstić information content (AvgIpc) is 2.61. The van der Waals surface area contributed by atoms with E-state index in [0.717, 1.165) is 17.3 Å². The minimum Gasteiger partial charge on any atom is -0.312 e. The van der Waals surface area contributed by atoms with E-state index in [2.05, 4.69) is 4.72 Å². The van der Waals surface area contributed by atoms with Gasteiger partial charge in [0.05, 0.1) is 9.82 Å². The highest BCUT2D eigenvalue weighted by atomic mass is 32.2. The number of anilines is 2. The average molecular weight is 375 g/mol. The lowest BCUT2D eigenvalue weighted by Crippen LogP contribution is -2.34. The van der Waals surface area contributed by atoms with Gasteiger partial charge in [-0.1, -0.05) is 6.07 Å². The zero-order chi connectivity index (χ0) is 18.9. The van der Waals surface area contributed by atoms with Crippen molar-refractivity contribution < 1.29 is 18.1 Å². The Kier molecular flexibility index (Phi) is 4.64. The Bertz CT molecular complexity index is 988. The number of nitrogens with zero attached hydrogens (tertiary/aromatic N) is 2. The van der Waals surface area contributed by atoms with Crippen LogP contribution in [-0.2, 0) is 21.2 Å². The van der Waals surface area contributed by atoms with Crippen molar-refractivity contribution in [2.45, 2.75) is 24.7 Å². The molecule has 2 aromatic carbocycles. The van der Waals surface area contributed by atoms with Gasteiger partial charge in [0.1, 0.15) is 0 Å². The number of benzene rings is 2. The summed E-state index contributed by atoms with van der Waals surface area (Å²) < 4.78 is 27.5. The molecule has 1 aliphatic rings. The van der Waals surface area contributed by atoms with Crippen molar-refractivity contribution in [2.24, 2.45) is 0 Å². The molecule has 0 bridgehead atoms. The number of nitro groups is 1. The van der Waals surface area contributed by atoms with Crippen LogP contribution in [0.5, 0.6) is 0 Å². The third-order valence-corrected chi connectivity index (χ3v) is 5.57. The first kappa shape index (κ1) is 17.9. The van der Waals surface area contributed by atoms with Gasteiger partial charge in [-0.25, -0.2) is 8.42 Å². The monoisotopic (exact) mass is 375 g/mol. The zero-order valence-electron chi connectivity index (χ0n) is 14.0. The van der Waals surface area contributed by atoms with Gasteiger partial charge in [0, 0.05) is 36.5 Å². The number of carbonyl (C=O) groups is 1. The van der Waals surface area contributed by atoms with Crippen LogP contribution < -0.4 is 9.62 Å². The second kappa shape index (κ2) is 6.75. The number of aryl methyl sites for hydroxylation is 1. The first-order valence-electron chi connectivity index (χ1n) is 8.02. The van der Waals surface area contributed by atoms with Gasteiger partial charge in [0.25, 0.3) is 15.7 Å². The molecule has 1 aliphatic heterocycles. The Morgan fingerprint density at radius 1 is 1.19 bits per heavy atom. The molecule has 0 atom stereocenters. The van der Waals surface area contributed by atoms with E-state index in [0.29, 0.717) is 25.1 Å². The fourth-order valence-electron chi connectivity index (χ4n) is 2.95. The molecular formula is C17H17N3O5S. The molecule has 26 heavy (non-hydrogen) atoms. The molecule has 0 fully saturated rings. The highest BCUT2D eigenvalue weighted by Gasteiger charge is 2.24. The molecule has 9 heteroatoms. The molecule has 0 spiro atoms. The van der Waals surface area contributed by atoms with Crippen LogP contribution in [0.15, 0.2) is 47.4 Å². The molecule has 0 unspecified atom stereocenters.